The Kier molecular flexibility index (Phi) is 5.78. The van der Waals surface area contributed by atoms with Crippen molar-refractivity contribution in [2.75, 3.05) is 0 Å². The molecule has 0 saturated heterocycles. The summed E-state index contributed by atoms with van der Waals surface area (Å²) < 4.78 is 0. The highest BCUT2D eigenvalue weighted by Crippen LogP contribution is 2.15. The van der Waals surface area contributed by atoms with Crippen LogP contribution in [0.2, 0.25) is 0 Å². The summed E-state index contributed by atoms with van der Waals surface area (Å²) in [5.41, 5.74) is 0.244. The van der Waals surface area contributed by atoms with Gasteiger partial charge >= 0.3 is 0 Å². The van der Waals surface area contributed by atoms with Gasteiger partial charge in [-0.25, -0.2) is 9.98 Å². The lowest BCUT2D eigenvalue weighted by atomic mass is 10.1. The fourth-order valence-electron chi connectivity index (χ4n) is 2.47. The van der Waals surface area contributed by atoms with Crippen molar-refractivity contribution in [3.05, 3.63) is 104 Å². The van der Waals surface area contributed by atoms with E-state index >= 15 is 0 Å². The molecule has 2 aromatic carbocycles. The quantitative estimate of drug-likeness (QED) is 0.433. The van der Waals surface area contributed by atoms with Gasteiger partial charge in [-0.3, -0.25) is 29.8 Å². The van der Waals surface area contributed by atoms with Crippen LogP contribution in [0.1, 0.15) is 20.7 Å². The minimum absolute atomic E-state index is 0.0683. The zero-order valence-corrected chi connectivity index (χ0v) is 15.2. The molecule has 0 spiro atoms. The highest BCUT2D eigenvalue weighted by Gasteiger charge is 2.13. The van der Waals surface area contributed by atoms with Crippen LogP contribution in [0.15, 0.2) is 82.8 Å². The number of rotatable bonds is 4. The van der Waals surface area contributed by atoms with E-state index in [-0.39, 0.29) is 33.9 Å². The second-order valence-corrected chi connectivity index (χ2v) is 5.97. The van der Waals surface area contributed by atoms with Gasteiger partial charge in [0, 0.05) is 35.4 Å². The molecule has 0 fully saturated rings. The lowest BCUT2D eigenvalue weighted by molar-refractivity contribution is -0.385. The molecule has 148 valence electrons. The van der Waals surface area contributed by atoms with Crippen molar-refractivity contribution < 1.29 is 19.4 Å². The number of nitrogens with zero attached hydrogens (tertiary/aromatic N) is 4. The van der Waals surface area contributed by atoms with Gasteiger partial charge in [-0.05, 0) is 36.4 Å². The van der Waals surface area contributed by atoms with E-state index in [1.54, 1.807) is 0 Å². The molecular formula is C20H12N4O6. The lowest BCUT2D eigenvalue weighted by Gasteiger charge is -2.03. The number of non-ortho nitro benzene ring substituents is 2. The minimum atomic E-state index is -0.656. The predicted molar refractivity (Wildman–Crippen MR) is 108 cm³/mol. The number of aliphatic imine (C=N–C) groups is 2. The van der Waals surface area contributed by atoms with Gasteiger partial charge in [-0.15, -0.1) is 0 Å². The van der Waals surface area contributed by atoms with E-state index in [2.05, 4.69) is 9.98 Å². The van der Waals surface area contributed by atoms with E-state index in [0.717, 1.165) is 12.1 Å². The Bertz CT molecular complexity index is 1080. The molecule has 0 unspecified atom stereocenters. The summed E-state index contributed by atoms with van der Waals surface area (Å²) in [5, 5.41) is 21.6. The topological polar surface area (TPSA) is 145 Å². The van der Waals surface area contributed by atoms with Gasteiger partial charge in [0.2, 0.25) is 0 Å². The average Bonchev–Trinajstić information content (AvgIpc) is 2.75. The van der Waals surface area contributed by atoms with Crippen molar-refractivity contribution >= 4 is 34.6 Å². The molecule has 2 aromatic rings. The molecule has 10 heteroatoms. The first-order valence-electron chi connectivity index (χ1n) is 8.44. The number of nitro groups is 2. The molecule has 0 heterocycles. The highest BCUT2D eigenvalue weighted by molar-refractivity contribution is 6.23. The van der Waals surface area contributed by atoms with Gasteiger partial charge in [0.25, 0.3) is 23.2 Å². The van der Waals surface area contributed by atoms with E-state index < -0.39 is 21.7 Å². The molecule has 0 aromatic heterocycles. The molecule has 10 nitrogen and oxygen atoms in total. The van der Waals surface area contributed by atoms with Crippen LogP contribution in [0, 0.1) is 20.2 Å². The molecule has 30 heavy (non-hydrogen) atoms. The van der Waals surface area contributed by atoms with E-state index in [1.807, 2.05) is 0 Å². The lowest BCUT2D eigenvalue weighted by Crippen LogP contribution is -2.07. The second kappa shape index (κ2) is 8.61. The first-order valence-corrected chi connectivity index (χ1v) is 8.44. The second-order valence-electron chi connectivity index (χ2n) is 5.97. The van der Waals surface area contributed by atoms with E-state index in [4.69, 9.17) is 0 Å². The number of allylic oxidation sites excluding steroid dienone is 4. The Balaban J connectivity index is 1.74. The summed E-state index contributed by atoms with van der Waals surface area (Å²) in [7, 11) is 0. The van der Waals surface area contributed by atoms with Crippen LogP contribution in [-0.2, 0) is 0 Å². The maximum absolute atomic E-state index is 12.2. The number of carbonyl (C=O) groups excluding carboxylic acids is 2. The van der Waals surface area contributed by atoms with E-state index in [1.165, 1.54) is 60.7 Å². The van der Waals surface area contributed by atoms with Crippen molar-refractivity contribution in [2.24, 2.45) is 9.98 Å². The van der Waals surface area contributed by atoms with Crippen molar-refractivity contribution in [1.29, 1.82) is 0 Å². The smallest absolute Gasteiger partial charge is 0.267 e. The normalized spacial score (nSPS) is 12.4. The molecule has 0 saturated carbocycles. The van der Waals surface area contributed by atoms with Crippen LogP contribution < -0.4 is 0 Å². The Morgan fingerprint density at radius 1 is 0.667 bits per heavy atom. The Hall–Kier alpha value is -4.60. The number of nitro benzene ring substituents is 2. The molecule has 0 bridgehead atoms. The van der Waals surface area contributed by atoms with Crippen LogP contribution in [0.3, 0.4) is 0 Å². The molecule has 0 N–H and O–H groups in total. The van der Waals surface area contributed by atoms with Gasteiger partial charge < -0.3 is 0 Å². The third kappa shape index (κ3) is 4.81. The average molecular weight is 404 g/mol. The molecule has 0 radical (unpaired) electrons. The van der Waals surface area contributed by atoms with Gasteiger partial charge in [0.1, 0.15) is 0 Å². The number of carbonyl (C=O) groups is 2. The minimum Gasteiger partial charge on any atom is -0.267 e. The summed E-state index contributed by atoms with van der Waals surface area (Å²) in [6.45, 7) is 0. The van der Waals surface area contributed by atoms with Crippen LogP contribution in [-0.4, -0.2) is 33.1 Å². The third-order valence-electron chi connectivity index (χ3n) is 3.92. The molecule has 0 aliphatic heterocycles. The standard InChI is InChI=1S/C20H12N4O6/c25-19(13-3-1-5-17(11-13)23(27)28)21-15-7-9-16(10-8-15)22-20(26)14-4-2-6-18(12-14)24(29)30/h1-12H. The Morgan fingerprint density at radius 2 is 1.03 bits per heavy atom. The van der Waals surface area contributed by atoms with Gasteiger partial charge in [0.15, 0.2) is 0 Å². The van der Waals surface area contributed by atoms with Crippen LogP contribution in [0.25, 0.3) is 0 Å². The molecule has 3 rings (SSSR count). The largest absolute Gasteiger partial charge is 0.277 e. The summed E-state index contributed by atoms with van der Waals surface area (Å²) >= 11 is 0. The Morgan fingerprint density at radius 3 is 1.37 bits per heavy atom. The molecule has 0 atom stereocenters. The zero-order valence-electron chi connectivity index (χ0n) is 15.2. The maximum atomic E-state index is 12.2. The molecular weight excluding hydrogens is 392 g/mol. The molecule has 2 amide bonds. The van der Waals surface area contributed by atoms with Crippen LogP contribution >= 0.6 is 0 Å². The Labute approximate surface area is 168 Å². The van der Waals surface area contributed by atoms with Crippen LogP contribution in [0.5, 0.6) is 0 Å². The van der Waals surface area contributed by atoms with Crippen LogP contribution in [0.4, 0.5) is 11.4 Å². The fraction of sp³-hybridized carbons (Fsp3) is 0. The van der Waals surface area contributed by atoms with E-state index in [0.29, 0.717) is 0 Å². The first kappa shape index (κ1) is 20.1. The van der Waals surface area contributed by atoms with Crippen molar-refractivity contribution in [1.82, 2.24) is 0 Å². The number of hydrogen-bond donors (Lipinski definition) is 0. The number of amides is 2. The summed E-state index contributed by atoms with van der Waals surface area (Å²) in [6, 6.07) is 10.4. The maximum Gasteiger partial charge on any atom is 0.277 e. The SMILES string of the molecule is O=C(N=C1C=CC(=NC(=O)c2cccc([N+](=O)[O-])c2)C=C1)c1cccc([N+](=O)[O-])c1. The van der Waals surface area contributed by atoms with Crippen molar-refractivity contribution in [3.63, 3.8) is 0 Å². The highest BCUT2D eigenvalue weighted by atomic mass is 16.6. The molecule has 1 aliphatic rings. The molecule has 1 aliphatic carbocycles. The third-order valence-corrected chi connectivity index (χ3v) is 3.92. The van der Waals surface area contributed by atoms with Crippen molar-refractivity contribution in [3.8, 4) is 0 Å². The van der Waals surface area contributed by atoms with Gasteiger partial charge in [-0.1, -0.05) is 12.1 Å². The van der Waals surface area contributed by atoms with Crippen molar-refractivity contribution in [2.45, 2.75) is 0 Å². The predicted octanol–water partition coefficient (Wildman–Crippen LogP) is 3.49. The number of hydrogen-bond acceptors (Lipinski definition) is 6. The summed E-state index contributed by atoms with van der Waals surface area (Å²) in [4.78, 5) is 52.6. The van der Waals surface area contributed by atoms with E-state index in [9.17, 15) is 29.8 Å². The monoisotopic (exact) mass is 404 g/mol. The first-order chi connectivity index (χ1) is 14.3. The van der Waals surface area contributed by atoms with Gasteiger partial charge in [-0.2, -0.15) is 0 Å². The fourth-order valence-corrected chi connectivity index (χ4v) is 2.47. The number of benzene rings is 2. The van der Waals surface area contributed by atoms with Gasteiger partial charge in [0.05, 0.1) is 21.3 Å². The zero-order chi connectivity index (χ0) is 21.7. The summed E-state index contributed by atoms with van der Waals surface area (Å²) in [5.74, 6) is -1.31. The summed E-state index contributed by atoms with van der Waals surface area (Å²) in [6.07, 6.45) is 5.81.